The number of benzene rings is 1. The molecule has 31 heavy (non-hydrogen) atoms. The maximum absolute atomic E-state index is 13.4. The Kier molecular flexibility index (Phi) is 4.94. The Labute approximate surface area is 184 Å². The Balaban J connectivity index is 1.99. The highest BCUT2D eigenvalue weighted by molar-refractivity contribution is 7.15. The second-order valence-corrected chi connectivity index (χ2v) is 9.85. The number of hydrogen-bond acceptors (Lipinski definition) is 7. The zero-order chi connectivity index (χ0) is 22.5. The van der Waals surface area contributed by atoms with Gasteiger partial charge < -0.3 is 5.73 Å². The van der Waals surface area contributed by atoms with Gasteiger partial charge in [-0.05, 0) is 42.5 Å². The monoisotopic (exact) mass is 434 g/mol. The van der Waals surface area contributed by atoms with Crippen LogP contribution < -0.4 is 10.6 Å². The number of carbonyl (C=O) groups excluding carboxylic acids is 1. The Hall–Kier alpha value is -3.44. The second kappa shape index (κ2) is 7.36. The number of nitrogens with two attached hydrogens (primary N) is 1. The maximum atomic E-state index is 13.4. The molecule has 1 aromatic carbocycles. The molecule has 1 aliphatic carbocycles. The Bertz CT molecular complexity index is 1220. The van der Waals surface area contributed by atoms with Gasteiger partial charge in [-0.1, -0.05) is 37.3 Å². The molecular weight excluding hydrogens is 412 g/mol. The molecule has 0 fully saturated rings. The van der Waals surface area contributed by atoms with Crippen LogP contribution in [-0.2, 0) is 4.79 Å². The normalized spacial score (nSPS) is 20.5. The maximum Gasteiger partial charge on any atom is 0.324 e. The highest BCUT2D eigenvalue weighted by Crippen LogP contribution is 2.51. The van der Waals surface area contributed by atoms with Gasteiger partial charge in [-0.3, -0.25) is 19.8 Å². The summed E-state index contributed by atoms with van der Waals surface area (Å²) in [6, 6.07) is 13.0. The molecule has 0 amide bonds. The summed E-state index contributed by atoms with van der Waals surface area (Å²) in [5.74, 6) is -0.480. The van der Waals surface area contributed by atoms with E-state index in [4.69, 9.17) is 5.73 Å². The third kappa shape index (κ3) is 3.51. The lowest BCUT2D eigenvalue weighted by atomic mass is 9.69. The Morgan fingerprint density at radius 1 is 1.29 bits per heavy atom. The van der Waals surface area contributed by atoms with Crippen LogP contribution in [-0.4, -0.2) is 10.7 Å². The van der Waals surface area contributed by atoms with Crippen LogP contribution in [0.2, 0.25) is 0 Å². The highest BCUT2D eigenvalue weighted by Gasteiger charge is 2.45. The summed E-state index contributed by atoms with van der Waals surface area (Å²) in [6.07, 6.45) is 0.946. The molecule has 158 valence electrons. The van der Waals surface area contributed by atoms with Crippen molar-refractivity contribution in [1.82, 2.24) is 0 Å². The van der Waals surface area contributed by atoms with Crippen molar-refractivity contribution < 1.29 is 9.72 Å². The van der Waals surface area contributed by atoms with Gasteiger partial charge in [0.15, 0.2) is 5.78 Å². The zero-order valence-electron chi connectivity index (χ0n) is 17.5. The van der Waals surface area contributed by atoms with Gasteiger partial charge in [-0.25, -0.2) is 0 Å². The fraction of sp³-hybridized carbons (Fsp3) is 0.304. The van der Waals surface area contributed by atoms with Crippen molar-refractivity contribution >= 4 is 27.8 Å². The number of anilines is 1. The SMILES string of the molecule is Cc1cccc(N2C(N)=C(C#N)[C@H](c3ccc([N+](=O)[O-])s3)C3=C2CC(C)(C)CC3=O)c1. The van der Waals surface area contributed by atoms with Crippen LogP contribution in [0.3, 0.4) is 0 Å². The first-order chi connectivity index (χ1) is 14.6. The van der Waals surface area contributed by atoms with E-state index in [-0.39, 0.29) is 27.6 Å². The molecule has 2 N–H and O–H groups in total. The quantitative estimate of drug-likeness (QED) is 0.543. The van der Waals surface area contributed by atoms with Crippen LogP contribution in [0.1, 0.15) is 43.0 Å². The number of allylic oxidation sites excluding steroid dienone is 3. The lowest BCUT2D eigenvalue weighted by Crippen LogP contribution is -2.42. The minimum absolute atomic E-state index is 0.0299. The molecule has 1 aromatic heterocycles. The number of nitriles is 1. The molecule has 0 unspecified atom stereocenters. The first-order valence-corrected chi connectivity index (χ1v) is 10.7. The molecule has 0 bridgehead atoms. The number of aryl methyl sites for hydroxylation is 1. The molecule has 8 heteroatoms. The number of hydrogen-bond donors (Lipinski definition) is 1. The molecule has 0 radical (unpaired) electrons. The minimum atomic E-state index is -0.691. The van der Waals surface area contributed by atoms with Crippen LogP contribution in [0.15, 0.2) is 59.1 Å². The van der Waals surface area contributed by atoms with E-state index in [0.29, 0.717) is 23.3 Å². The number of ketones is 1. The molecule has 4 rings (SSSR count). The standard InChI is InChI=1S/C23H22N4O3S/c1-13-5-4-6-14(9-13)26-16-10-23(2,3)11-17(28)21(16)20(15(12-24)22(26)25)18-7-8-19(31-18)27(29)30/h4-9,20H,10-11,25H2,1-3H3/t20-/m1/s1. The van der Waals surface area contributed by atoms with Crippen molar-refractivity contribution in [2.24, 2.45) is 11.1 Å². The summed E-state index contributed by atoms with van der Waals surface area (Å²) in [5, 5.41) is 21.2. The number of thiophene rings is 1. The van der Waals surface area contributed by atoms with Gasteiger partial charge in [0.1, 0.15) is 5.82 Å². The van der Waals surface area contributed by atoms with Gasteiger partial charge in [-0.15, -0.1) is 0 Å². The van der Waals surface area contributed by atoms with Gasteiger partial charge in [0.05, 0.1) is 22.5 Å². The molecule has 0 saturated heterocycles. The number of rotatable bonds is 3. The van der Waals surface area contributed by atoms with E-state index in [9.17, 15) is 20.2 Å². The van der Waals surface area contributed by atoms with E-state index < -0.39 is 10.8 Å². The molecule has 7 nitrogen and oxygen atoms in total. The predicted molar refractivity (Wildman–Crippen MR) is 119 cm³/mol. The third-order valence-corrected chi connectivity index (χ3v) is 6.82. The molecule has 0 spiro atoms. The Morgan fingerprint density at radius 2 is 2.03 bits per heavy atom. The predicted octanol–water partition coefficient (Wildman–Crippen LogP) is 4.91. The topological polar surface area (TPSA) is 113 Å². The average Bonchev–Trinajstić information content (AvgIpc) is 3.16. The molecule has 2 aromatic rings. The molecule has 1 atom stereocenters. The van der Waals surface area contributed by atoms with Crippen molar-refractivity contribution in [2.75, 3.05) is 4.90 Å². The van der Waals surface area contributed by atoms with E-state index in [0.717, 1.165) is 28.3 Å². The molecule has 0 saturated carbocycles. The fourth-order valence-corrected chi connectivity index (χ4v) is 5.39. The van der Waals surface area contributed by atoms with Crippen LogP contribution in [0.4, 0.5) is 10.7 Å². The van der Waals surface area contributed by atoms with Gasteiger partial charge >= 0.3 is 5.00 Å². The lowest BCUT2D eigenvalue weighted by Gasteiger charge is -2.43. The van der Waals surface area contributed by atoms with Crippen LogP contribution in [0.25, 0.3) is 0 Å². The first-order valence-electron chi connectivity index (χ1n) is 9.90. The minimum Gasteiger partial charge on any atom is -0.384 e. The van der Waals surface area contributed by atoms with E-state index in [1.165, 1.54) is 6.07 Å². The number of nitrogens with zero attached hydrogens (tertiary/aromatic N) is 3. The number of nitro groups is 1. The Morgan fingerprint density at radius 3 is 2.65 bits per heavy atom. The average molecular weight is 435 g/mol. The van der Waals surface area contributed by atoms with Gasteiger partial charge in [-0.2, -0.15) is 5.26 Å². The fourth-order valence-electron chi connectivity index (χ4n) is 4.45. The van der Waals surface area contributed by atoms with Gasteiger partial charge in [0.25, 0.3) is 0 Å². The largest absolute Gasteiger partial charge is 0.384 e. The molecular formula is C23H22N4O3S. The summed E-state index contributed by atoms with van der Waals surface area (Å²) in [7, 11) is 0. The van der Waals surface area contributed by atoms with Crippen molar-refractivity contribution in [3.63, 3.8) is 0 Å². The van der Waals surface area contributed by atoms with Crippen LogP contribution in [0, 0.1) is 33.8 Å². The molecule has 1 aliphatic heterocycles. The van der Waals surface area contributed by atoms with E-state index >= 15 is 0 Å². The summed E-state index contributed by atoms with van der Waals surface area (Å²) < 4.78 is 0. The summed E-state index contributed by atoms with van der Waals surface area (Å²) in [4.78, 5) is 26.6. The zero-order valence-corrected chi connectivity index (χ0v) is 18.3. The third-order valence-electron chi connectivity index (χ3n) is 5.72. The van der Waals surface area contributed by atoms with Gasteiger partial charge in [0.2, 0.25) is 0 Å². The van der Waals surface area contributed by atoms with Crippen molar-refractivity contribution in [2.45, 2.75) is 39.5 Å². The summed E-state index contributed by atoms with van der Waals surface area (Å²) >= 11 is 0.981. The van der Waals surface area contributed by atoms with Crippen LogP contribution in [0.5, 0.6) is 0 Å². The van der Waals surface area contributed by atoms with E-state index in [2.05, 4.69) is 6.07 Å². The number of Topliss-reactive ketones (excluding diaryl/α,β-unsaturated/α-hetero) is 1. The highest BCUT2D eigenvalue weighted by atomic mass is 32.1. The number of carbonyl (C=O) groups is 1. The summed E-state index contributed by atoms with van der Waals surface area (Å²) in [5.41, 5.74) is 9.64. The lowest BCUT2D eigenvalue weighted by molar-refractivity contribution is -0.380. The van der Waals surface area contributed by atoms with Crippen molar-refractivity contribution in [3.05, 3.63) is 79.6 Å². The van der Waals surface area contributed by atoms with Crippen molar-refractivity contribution in [1.29, 1.82) is 5.26 Å². The smallest absolute Gasteiger partial charge is 0.324 e. The van der Waals surface area contributed by atoms with Crippen molar-refractivity contribution in [3.8, 4) is 6.07 Å². The summed E-state index contributed by atoms with van der Waals surface area (Å²) in [6.45, 7) is 6.04. The first kappa shape index (κ1) is 20.8. The molecule has 2 heterocycles. The second-order valence-electron chi connectivity index (χ2n) is 8.75. The van der Waals surface area contributed by atoms with E-state index in [1.807, 2.05) is 49.9 Å². The van der Waals surface area contributed by atoms with E-state index in [1.54, 1.807) is 6.07 Å². The molecule has 2 aliphatic rings. The van der Waals surface area contributed by atoms with Gasteiger partial charge in [0, 0.05) is 34.3 Å². The van der Waals surface area contributed by atoms with Crippen LogP contribution >= 0.6 is 11.3 Å².